The number of aliphatic hydroxyl groups excluding tert-OH is 2. The maximum Gasteiger partial charge on any atom is 0.312 e. The van der Waals surface area contributed by atoms with Crippen LogP contribution in [0.4, 0.5) is 0 Å². The molecule has 4 rings (SSSR count). The fourth-order valence-corrected chi connectivity index (χ4v) is 5.15. The molecule has 2 fully saturated rings. The van der Waals surface area contributed by atoms with Crippen LogP contribution in [0.2, 0.25) is 0 Å². The van der Waals surface area contributed by atoms with Crippen LogP contribution in [0.3, 0.4) is 0 Å². The van der Waals surface area contributed by atoms with Gasteiger partial charge in [0.25, 0.3) is 5.91 Å². The number of carbonyl (C=O) groups excluding carboxylic acids is 2. The van der Waals surface area contributed by atoms with E-state index in [0.29, 0.717) is 37.8 Å². The van der Waals surface area contributed by atoms with Crippen molar-refractivity contribution in [1.29, 1.82) is 0 Å². The van der Waals surface area contributed by atoms with Crippen molar-refractivity contribution in [3.8, 4) is 0 Å². The Bertz CT molecular complexity index is 1080. The van der Waals surface area contributed by atoms with E-state index in [1.165, 1.54) is 23.9 Å². The number of esters is 1. The van der Waals surface area contributed by atoms with E-state index >= 15 is 0 Å². The molecule has 2 aromatic rings. The fraction of sp³-hybridized carbons (Fsp3) is 0.556. The number of aliphatic hydroxyl groups is 2. The van der Waals surface area contributed by atoms with Gasteiger partial charge in [0.15, 0.2) is 0 Å². The summed E-state index contributed by atoms with van der Waals surface area (Å²) in [5, 5.41) is 20.9. The number of aromatic nitrogens is 2. The smallest absolute Gasteiger partial charge is 0.312 e. The van der Waals surface area contributed by atoms with E-state index in [0.717, 1.165) is 26.1 Å². The Morgan fingerprint density at radius 2 is 1.76 bits per heavy atom. The number of amides is 1. The summed E-state index contributed by atoms with van der Waals surface area (Å²) in [5.41, 5.74) is 0.589. The second-order valence-corrected chi connectivity index (χ2v) is 10.1. The molecule has 1 amide bonds. The van der Waals surface area contributed by atoms with Gasteiger partial charge >= 0.3 is 5.97 Å². The van der Waals surface area contributed by atoms with E-state index < -0.39 is 17.6 Å². The van der Waals surface area contributed by atoms with Gasteiger partial charge in [-0.3, -0.25) is 24.3 Å². The van der Waals surface area contributed by atoms with Crippen molar-refractivity contribution in [2.75, 3.05) is 32.8 Å². The van der Waals surface area contributed by atoms with Crippen molar-refractivity contribution in [2.45, 2.75) is 57.3 Å². The topological polar surface area (TPSA) is 136 Å². The molecule has 2 atom stereocenters. The molecule has 0 saturated carbocycles. The van der Waals surface area contributed by atoms with Gasteiger partial charge in [-0.05, 0) is 69.0 Å². The molecule has 200 valence electrons. The SMILES string of the molecule is O=C(c1ccc(=O)[nH]c1)N1CCCCC2(CCN(Cc3ccncc3)CC2)C(=O)OC[C@@H](O)[C@@H](O)CC1. The lowest BCUT2D eigenvalue weighted by Gasteiger charge is -2.40. The molecule has 0 aromatic carbocycles. The van der Waals surface area contributed by atoms with Crippen LogP contribution in [0.5, 0.6) is 0 Å². The molecule has 0 unspecified atom stereocenters. The van der Waals surface area contributed by atoms with Gasteiger partial charge in [-0.1, -0.05) is 6.42 Å². The maximum atomic E-state index is 13.3. The number of hydrogen-bond acceptors (Lipinski definition) is 8. The molecule has 0 radical (unpaired) electrons. The van der Waals surface area contributed by atoms with Crippen molar-refractivity contribution in [3.05, 3.63) is 64.3 Å². The highest BCUT2D eigenvalue weighted by Crippen LogP contribution is 2.38. The molecule has 0 aliphatic carbocycles. The third-order valence-electron chi connectivity index (χ3n) is 7.58. The van der Waals surface area contributed by atoms with Crippen LogP contribution in [-0.4, -0.2) is 86.9 Å². The van der Waals surface area contributed by atoms with E-state index in [1.54, 1.807) is 17.3 Å². The molecule has 2 saturated heterocycles. The summed E-state index contributed by atoms with van der Waals surface area (Å²) in [5.74, 6) is -0.568. The van der Waals surface area contributed by atoms with Crippen LogP contribution in [0.15, 0.2) is 47.7 Å². The predicted molar refractivity (Wildman–Crippen MR) is 136 cm³/mol. The first-order chi connectivity index (χ1) is 17.9. The Kier molecular flexibility index (Phi) is 9.07. The third-order valence-corrected chi connectivity index (χ3v) is 7.58. The van der Waals surface area contributed by atoms with Crippen molar-refractivity contribution < 1.29 is 24.5 Å². The van der Waals surface area contributed by atoms with Crippen LogP contribution in [0.25, 0.3) is 0 Å². The summed E-state index contributed by atoms with van der Waals surface area (Å²) < 4.78 is 5.55. The van der Waals surface area contributed by atoms with Crippen molar-refractivity contribution >= 4 is 11.9 Å². The minimum absolute atomic E-state index is 0.142. The zero-order valence-electron chi connectivity index (χ0n) is 21.1. The van der Waals surface area contributed by atoms with E-state index in [2.05, 4.69) is 14.9 Å². The van der Waals surface area contributed by atoms with E-state index in [9.17, 15) is 24.6 Å². The summed E-state index contributed by atoms with van der Waals surface area (Å²) >= 11 is 0. The molecule has 4 heterocycles. The number of ether oxygens (including phenoxy) is 1. The molecule has 2 aliphatic heterocycles. The number of H-pyrrole nitrogens is 1. The zero-order valence-corrected chi connectivity index (χ0v) is 21.1. The first kappa shape index (κ1) is 27.0. The number of nitrogens with zero attached hydrogens (tertiary/aromatic N) is 3. The van der Waals surface area contributed by atoms with Gasteiger partial charge in [-0.15, -0.1) is 0 Å². The fourth-order valence-electron chi connectivity index (χ4n) is 5.15. The summed E-state index contributed by atoms with van der Waals surface area (Å²) in [7, 11) is 0. The van der Waals surface area contributed by atoms with Gasteiger partial charge in [-0.25, -0.2) is 0 Å². The molecule has 3 N–H and O–H groups in total. The maximum absolute atomic E-state index is 13.3. The van der Waals surface area contributed by atoms with Crippen LogP contribution in [-0.2, 0) is 16.1 Å². The number of carbonyl (C=O) groups is 2. The number of cyclic esters (lactones) is 1. The summed E-state index contributed by atoms with van der Waals surface area (Å²) in [6.45, 7) is 2.69. The van der Waals surface area contributed by atoms with Crippen LogP contribution >= 0.6 is 0 Å². The molecule has 10 heteroatoms. The number of rotatable bonds is 3. The van der Waals surface area contributed by atoms with Gasteiger partial charge < -0.3 is 24.8 Å². The normalized spacial score (nSPS) is 23.9. The molecule has 0 bridgehead atoms. The van der Waals surface area contributed by atoms with E-state index in [4.69, 9.17) is 4.74 Å². The summed E-state index contributed by atoms with van der Waals surface area (Å²) in [4.78, 5) is 48.3. The van der Waals surface area contributed by atoms with E-state index in [-0.39, 0.29) is 37.0 Å². The quantitative estimate of drug-likeness (QED) is 0.524. The van der Waals surface area contributed by atoms with E-state index in [1.807, 2.05) is 12.1 Å². The molecule has 2 aliphatic rings. The third kappa shape index (κ3) is 7.03. The number of likely N-dealkylation sites (tertiary alicyclic amines) is 1. The van der Waals surface area contributed by atoms with Crippen LogP contribution in [0, 0.1) is 5.41 Å². The monoisotopic (exact) mass is 512 g/mol. The lowest BCUT2D eigenvalue weighted by Crippen LogP contribution is -2.45. The standard InChI is InChI=1S/C27H36N4O6/c32-22-7-14-31(25(35)21-3-4-24(34)29-17-21)13-2-1-8-27(26(36)37-19-23(22)33)9-15-30(16-10-27)18-20-5-11-28-12-6-20/h3-6,11-12,17,22-23,32-33H,1-2,7-10,13-16,18-19H2,(H,29,34)/t22-,23+/m0/s1. The summed E-state index contributed by atoms with van der Waals surface area (Å²) in [6.07, 6.45) is 6.05. The average molecular weight is 513 g/mol. The minimum atomic E-state index is -1.24. The number of hydrogen-bond donors (Lipinski definition) is 3. The van der Waals surface area contributed by atoms with Gasteiger partial charge in [0, 0.05) is 44.3 Å². The molecule has 10 nitrogen and oxygen atoms in total. The van der Waals surface area contributed by atoms with Gasteiger partial charge in [0.1, 0.15) is 12.7 Å². The second-order valence-electron chi connectivity index (χ2n) is 10.1. The second kappa shape index (κ2) is 12.4. The Morgan fingerprint density at radius 1 is 1.00 bits per heavy atom. The highest BCUT2D eigenvalue weighted by atomic mass is 16.5. The highest BCUT2D eigenvalue weighted by Gasteiger charge is 2.42. The largest absolute Gasteiger partial charge is 0.462 e. The number of piperidine rings is 1. The number of aromatic amines is 1. The molecular weight excluding hydrogens is 476 g/mol. The Balaban J connectivity index is 1.43. The molecule has 1 spiro atoms. The Labute approximate surface area is 216 Å². The predicted octanol–water partition coefficient (Wildman–Crippen LogP) is 1.33. The van der Waals surface area contributed by atoms with Crippen molar-refractivity contribution in [1.82, 2.24) is 19.8 Å². The molecule has 37 heavy (non-hydrogen) atoms. The van der Waals surface area contributed by atoms with Crippen molar-refractivity contribution in [3.63, 3.8) is 0 Å². The van der Waals surface area contributed by atoms with Gasteiger partial charge in [0.2, 0.25) is 5.56 Å². The highest BCUT2D eigenvalue weighted by molar-refractivity contribution is 5.93. The molecule has 2 aromatic heterocycles. The average Bonchev–Trinajstić information content (AvgIpc) is 2.92. The Hall–Kier alpha value is -3.08. The lowest BCUT2D eigenvalue weighted by atomic mass is 9.74. The number of nitrogens with one attached hydrogen (secondary N) is 1. The van der Waals surface area contributed by atoms with Crippen LogP contribution < -0.4 is 5.56 Å². The first-order valence-corrected chi connectivity index (χ1v) is 13.0. The zero-order chi connectivity index (χ0) is 26.3. The first-order valence-electron chi connectivity index (χ1n) is 13.0. The summed E-state index contributed by atoms with van der Waals surface area (Å²) in [6, 6.07) is 6.77. The van der Waals surface area contributed by atoms with Crippen LogP contribution in [0.1, 0.15) is 54.4 Å². The van der Waals surface area contributed by atoms with Crippen molar-refractivity contribution in [2.24, 2.45) is 5.41 Å². The molecular formula is C27H36N4O6. The number of pyridine rings is 2. The minimum Gasteiger partial charge on any atom is -0.462 e. The van der Waals surface area contributed by atoms with Gasteiger partial charge in [-0.2, -0.15) is 0 Å². The van der Waals surface area contributed by atoms with Gasteiger partial charge in [0.05, 0.1) is 17.1 Å². The lowest BCUT2D eigenvalue weighted by molar-refractivity contribution is -0.165. The Morgan fingerprint density at radius 3 is 2.46 bits per heavy atom.